The molecule has 208 valence electrons. The van der Waals surface area contributed by atoms with Gasteiger partial charge in [0, 0.05) is 23.3 Å². The highest BCUT2D eigenvalue weighted by Crippen LogP contribution is 2.31. The lowest BCUT2D eigenvalue weighted by atomic mass is 10.1. The van der Waals surface area contributed by atoms with Gasteiger partial charge in [0.05, 0.1) is 13.0 Å². The summed E-state index contributed by atoms with van der Waals surface area (Å²) in [6.45, 7) is 3.83. The number of ether oxygens (including phenoxy) is 1. The third-order valence-corrected chi connectivity index (χ3v) is 9.08. The molecule has 12 heteroatoms. The first-order chi connectivity index (χ1) is 18.3. The molecule has 0 radical (unpaired) electrons. The van der Waals surface area contributed by atoms with Crippen molar-refractivity contribution in [2.24, 2.45) is 4.99 Å². The number of hydrogen-bond donors (Lipinski definition) is 2. The molecule has 2 aliphatic heterocycles. The molecule has 0 aromatic carbocycles. The standard InChI is InChI=1S/C26H36N4O5S3/c1-3-4-5-6-7-11-23(33)36-12-9-8-10-18-13-20(31)27-14-21-29-19(16-37-21)24-30-26(2,17-38-24)25(34)28-15-22(32)35-18/h8,10,16,18H,3-7,9,11-15,17H2,1-2H3,(H,27,31)(H,28,34)/b10-8+/t18-,26+/m1/s1. The fourth-order valence-electron chi connectivity index (χ4n) is 3.80. The summed E-state index contributed by atoms with van der Waals surface area (Å²) in [4.78, 5) is 59.0. The molecular weight excluding hydrogens is 545 g/mol. The van der Waals surface area contributed by atoms with Gasteiger partial charge in [-0.3, -0.25) is 24.2 Å². The molecule has 0 spiro atoms. The minimum absolute atomic E-state index is 0.0570. The fourth-order valence-corrected chi connectivity index (χ4v) is 6.50. The number of nitrogens with zero attached hydrogens (tertiary/aromatic N) is 2. The van der Waals surface area contributed by atoms with Crippen molar-refractivity contribution in [3.8, 4) is 0 Å². The lowest BCUT2D eigenvalue weighted by Crippen LogP contribution is -2.46. The minimum Gasteiger partial charge on any atom is -0.456 e. The Balaban J connectivity index is 1.54. The number of thiazole rings is 1. The van der Waals surface area contributed by atoms with Crippen LogP contribution >= 0.6 is 34.9 Å². The Morgan fingerprint density at radius 2 is 2.03 bits per heavy atom. The Bertz CT molecular complexity index is 1060. The van der Waals surface area contributed by atoms with Crippen molar-refractivity contribution in [3.63, 3.8) is 0 Å². The number of carbonyl (C=O) groups excluding carboxylic acids is 4. The van der Waals surface area contributed by atoms with Gasteiger partial charge in [-0.25, -0.2) is 4.98 Å². The molecule has 2 aliphatic rings. The maximum atomic E-state index is 12.8. The van der Waals surface area contributed by atoms with Crippen molar-refractivity contribution in [1.29, 1.82) is 0 Å². The fraction of sp³-hybridized carbons (Fsp3) is 0.615. The number of hydrogen-bond acceptors (Lipinski definition) is 10. The van der Waals surface area contributed by atoms with Crippen LogP contribution in [0, 0.1) is 0 Å². The number of thioether (sulfide) groups is 2. The van der Waals surface area contributed by atoms with Crippen LogP contribution in [0.15, 0.2) is 22.5 Å². The van der Waals surface area contributed by atoms with E-state index >= 15 is 0 Å². The summed E-state index contributed by atoms with van der Waals surface area (Å²) in [5.74, 6) is -0.220. The van der Waals surface area contributed by atoms with Crippen LogP contribution < -0.4 is 10.6 Å². The number of aromatic nitrogens is 1. The van der Waals surface area contributed by atoms with Crippen LogP contribution in [0.3, 0.4) is 0 Å². The molecule has 2 N–H and O–H groups in total. The molecule has 1 aromatic rings. The molecule has 0 unspecified atom stereocenters. The highest BCUT2D eigenvalue weighted by molar-refractivity contribution is 8.14. The van der Waals surface area contributed by atoms with E-state index in [1.165, 1.54) is 54.1 Å². The number of esters is 1. The van der Waals surface area contributed by atoms with E-state index in [0.29, 0.717) is 35.1 Å². The summed E-state index contributed by atoms with van der Waals surface area (Å²) in [5.41, 5.74) is -0.319. The minimum atomic E-state index is -1.00. The van der Waals surface area contributed by atoms with E-state index in [1.807, 2.05) is 11.5 Å². The van der Waals surface area contributed by atoms with Crippen LogP contribution in [-0.4, -0.2) is 62.6 Å². The normalized spacial score (nSPS) is 22.6. The number of rotatable bonds is 10. The maximum Gasteiger partial charge on any atom is 0.326 e. The third kappa shape index (κ3) is 9.85. The molecule has 3 heterocycles. The Morgan fingerprint density at radius 3 is 2.84 bits per heavy atom. The van der Waals surface area contributed by atoms with Crippen LogP contribution in [0.1, 0.15) is 75.9 Å². The second kappa shape index (κ2) is 15.4. The lowest BCUT2D eigenvalue weighted by Gasteiger charge is -2.19. The van der Waals surface area contributed by atoms with Crippen LogP contribution in [-0.2, 0) is 30.5 Å². The van der Waals surface area contributed by atoms with Gasteiger partial charge in [0.2, 0.25) is 11.8 Å². The van der Waals surface area contributed by atoms with E-state index in [-0.39, 0.29) is 36.4 Å². The number of aliphatic imine (C=N–C) groups is 1. The highest BCUT2D eigenvalue weighted by atomic mass is 32.2. The SMILES string of the molecule is CCCCCCCC(=O)SCC/C=C/[C@@H]1CC(=O)NCc2nc(cs2)C2=N[C@@](C)(CS2)C(=O)NCC(=O)O1. The second-order valence-electron chi connectivity index (χ2n) is 9.40. The third-order valence-electron chi connectivity index (χ3n) is 5.98. The molecular formula is C26H36N4O5S3. The molecule has 0 aliphatic carbocycles. The van der Waals surface area contributed by atoms with Crippen molar-refractivity contribution < 1.29 is 23.9 Å². The molecule has 9 nitrogen and oxygen atoms in total. The predicted molar refractivity (Wildman–Crippen MR) is 153 cm³/mol. The van der Waals surface area contributed by atoms with Gasteiger partial charge in [-0.2, -0.15) is 0 Å². The van der Waals surface area contributed by atoms with Gasteiger partial charge in [0.1, 0.15) is 33.9 Å². The smallest absolute Gasteiger partial charge is 0.326 e. The van der Waals surface area contributed by atoms with Crippen LogP contribution in [0.5, 0.6) is 0 Å². The second-order valence-corrected chi connectivity index (χ2v) is 12.5. The average molecular weight is 581 g/mol. The first-order valence-corrected chi connectivity index (χ1v) is 15.9. The summed E-state index contributed by atoms with van der Waals surface area (Å²) < 4.78 is 5.49. The van der Waals surface area contributed by atoms with Gasteiger partial charge in [0.25, 0.3) is 0 Å². The Hall–Kier alpha value is -2.18. The van der Waals surface area contributed by atoms with Gasteiger partial charge in [-0.1, -0.05) is 50.4 Å². The monoisotopic (exact) mass is 580 g/mol. The molecule has 38 heavy (non-hydrogen) atoms. The number of amides is 2. The van der Waals surface area contributed by atoms with Crippen molar-refractivity contribution in [3.05, 3.63) is 28.2 Å². The zero-order valence-electron chi connectivity index (χ0n) is 22.0. The summed E-state index contributed by atoms with van der Waals surface area (Å²) in [6.07, 6.45) is 9.43. The maximum absolute atomic E-state index is 12.8. The Kier molecular flexibility index (Phi) is 12.3. The predicted octanol–water partition coefficient (Wildman–Crippen LogP) is 4.01. The number of fused-ring (bicyclic) bond motifs is 4. The van der Waals surface area contributed by atoms with Gasteiger partial charge < -0.3 is 15.4 Å². The van der Waals surface area contributed by atoms with Crippen molar-refractivity contribution in [2.75, 3.05) is 18.1 Å². The van der Waals surface area contributed by atoms with Gasteiger partial charge in [-0.15, -0.1) is 23.1 Å². The van der Waals surface area contributed by atoms with Gasteiger partial charge in [0.15, 0.2) is 5.12 Å². The lowest BCUT2D eigenvalue weighted by molar-refractivity contribution is -0.148. The van der Waals surface area contributed by atoms with Gasteiger partial charge >= 0.3 is 5.97 Å². The van der Waals surface area contributed by atoms with Crippen molar-refractivity contribution >= 4 is 62.8 Å². The van der Waals surface area contributed by atoms with E-state index in [0.717, 1.165) is 17.8 Å². The number of nitrogens with one attached hydrogen (secondary N) is 2. The van der Waals surface area contributed by atoms with Crippen LogP contribution in [0.4, 0.5) is 0 Å². The van der Waals surface area contributed by atoms with Crippen molar-refractivity contribution in [2.45, 2.75) is 83.4 Å². The quantitative estimate of drug-likeness (QED) is 0.242. The molecule has 1 aromatic heterocycles. The summed E-state index contributed by atoms with van der Waals surface area (Å²) in [7, 11) is 0. The number of cyclic esters (lactones) is 1. The Morgan fingerprint density at radius 1 is 1.21 bits per heavy atom. The van der Waals surface area contributed by atoms with Crippen molar-refractivity contribution in [1.82, 2.24) is 15.6 Å². The van der Waals surface area contributed by atoms with E-state index in [1.54, 1.807) is 13.0 Å². The summed E-state index contributed by atoms with van der Waals surface area (Å²) >= 11 is 4.16. The molecule has 0 saturated carbocycles. The number of carbonyl (C=O) groups is 4. The zero-order chi connectivity index (χ0) is 27.4. The average Bonchev–Trinajstić information content (AvgIpc) is 3.52. The van der Waals surface area contributed by atoms with E-state index < -0.39 is 17.6 Å². The molecule has 0 saturated heterocycles. The molecule has 3 rings (SSSR count). The molecule has 2 amide bonds. The molecule has 0 fully saturated rings. The number of allylic oxidation sites excluding steroid dienone is 1. The van der Waals surface area contributed by atoms with Crippen LogP contribution in [0.25, 0.3) is 0 Å². The first-order valence-electron chi connectivity index (χ1n) is 13.0. The molecule has 2 atom stereocenters. The topological polar surface area (TPSA) is 127 Å². The molecule has 4 bridgehead atoms. The van der Waals surface area contributed by atoms with E-state index in [9.17, 15) is 19.2 Å². The van der Waals surface area contributed by atoms with Crippen LogP contribution in [0.2, 0.25) is 0 Å². The highest BCUT2D eigenvalue weighted by Gasteiger charge is 2.39. The first kappa shape index (κ1) is 30.4. The summed E-state index contributed by atoms with van der Waals surface area (Å²) in [6, 6.07) is 0. The van der Waals surface area contributed by atoms with E-state index in [4.69, 9.17) is 4.74 Å². The number of unbranched alkanes of at least 4 members (excludes halogenated alkanes) is 4. The van der Waals surface area contributed by atoms with E-state index in [2.05, 4.69) is 27.5 Å². The largest absolute Gasteiger partial charge is 0.456 e. The van der Waals surface area contributed by atoms with Gasteiger partial charge in [-0.05, 0) is 25.8 Å². The zero-order valence-corrected chi connectivity index (χ0v) is 24.4. The Labute approximate surface area is 236 Å². The summed E-state index contributed by atoms with van der Waals surface area (Å²) in [5, 5.41) is 8.89.